The van der Waals surface area contributed by atoms with Crippen LogP contribution in [0.5, 0.6) is 0 Å². The molecule has 0 radical (unpaired) electrons. The van der Waals surface area contributed by atoms with E-state index in [1.54, 1.807) is 30.3 Å². The summed E-state index contributed by atoms with van der Waals surface area (Å²) in [6, 6.07) is 11.4. The van der Waals surface area contributed by atoms with E-state index >= 15 is 0 Å². The van der Waals surface area contributed by atoms with Gasteiger partial charge in [-0.3, -0.25) is 0 Å². The second kappa shape index (κ2) is 6.01. The fraction of sp³-hybridized carbons (Fsp3) is 0.0769. The largest absolute Gasteiger partial charge is 0.398 e. The lowest BCUT2D eigenvalue weighted by Crippen LogP contribution is -2.24. The highest BCUT2D eigenvalue weighted by molar-refractivity contribution is 7.89. The Morgan fingerprint density at radius 2 is 1.70 bits per heavy atom. The lowest BCUT2D eigenvalue weighted by molar-refractivity contribution is 0.582. The molecule has 0 fully saturated rings. The van der Waals surface area contributed by atoms with Crippen LogP contribution in [0.15, 0.2) is 47.4 Å². The second-order valence-electron chi connectivity index (χ2n) is 4.11. The maximum absolute atomic E-state index is 12.2. The van der Waals surface area contributed by atoms with Crippen molar-refractivity contribution in [3.63, 3.8) is 0 Å². The summed E-state index contributed by atoms with van der Waals surface area (Å²) < 4.78 is 26.9. The molecule has 106 valence electrons. The number of hydrogen-bond acceptors (Lipinski definition) is 3. The summed E-state index contributed by atoms with van der Waals surface area (Å²) in [5, 5.41) is 0.681. The maximum atomic E-state index is 12.2. The first kappa shape index (κ1) is 15.1. The summed E-state index contributed by atoms with van der Waals surface area (Å²) in [7, 11) is -3.77. The first-order chi connectivity index (χ1) is 9.40. The van der Waals surface area contributed by atoms with Crippen LogP contribution in [0.25, 0.3) is 0 Å². The number of rotatable bonds is 4. The van der Waals surface area contributed by atoms with Crippen LogP contribution in [0, 0.1) is 0 Å². The monoisotopic (exact) mass is 330 g/mol. The summed E-state index contributed by atoms with van der Waals surface area (Å²) in [5.41, 5.74) is 6.57. The molecule has 0 saturated heterocycles. The number of benzene rings is 2. The van der Waals surface area contributed by atoms with E-state index in [0.717, 1.165) is 5.56 Å². The van der Waals surface area contributed by atoms with Gasteiger partial charge in [-0.05, 0) is 29.8 Å². The van der Waals surface area contributed by atoms with Crippen molar-refractivity contribution in [2.24, 2.45) is 0 Å². The van der Waals surface area contributed by atoms with Crippen molar-refractivity contribution >= 4 is 38.9 Å². The molecule has 20 heavy (non-hydrogen) atoms. The maximum Gasteiger partial charge on any atom is 0.244 e. The average Bonchev–Trinajstić information content (AvgIpc) is 2.37. The Labute approximate surface area is 127 Å². The molecule has 0 unspecified atom stereocenters. The molecule has 0 spiro atoms. The molecule has 4 nitrogen and oxygen atoms in total. The fourth-order valence-corrected chi connectivity index (χ4v) is 3.48. The smallest absolute Gasteiger partial charge is 0.244 e. The van der Waals surface area contributed by atoms with Gasteiger partial charge in [0.15, 0.2) is 0 Å². The van der Waals surface area contributed by atoms with Crippen molar-refractivity contribution < 1.29 is 8.42 Å². The molecule has 0 aromatic heterocycles. The zero-order valence-corrected chi connectivity index (χ0v) is 12.6. The number of nitrogen functional groups attached to an aromatic ring is 1. The highest BCUT2D eigenvalue weighted by Crippen LogP contribution is 2.26. The quantitative estimate of drug-likeness (QED) is 0.846. The topological polar surface area (TPSA) is 72.2 Å². The molecule has 0 aliphatic carbocycles. The Morgan fingerprint density at radius 3 is 2.30 bits per heavy atom. The van der Waals surface area contributed by atoms with Crippen molar-refractivity contribution in [2.75, 3.05) is 5.73 Å². The van der Waals surface area contributed by atoms with Crippen LogP contribution in [-0.2, 0) is 16.6 Å². The van der Waals surface area contributed by atoms with E-state index in [1.165, 1.54) is 12.1 Å². The summed E-state index contributed by atoms with van der Waals surface area (Å²) in [6.45, 7) is 0.129. The Kier molecular flexibility index (Phi) is 4.55. The van der Waals surface area contributed by atoms with Crippen LogP contribution in [0.2, 0.25) is 10.0 Å². The zero-order valence-electron chi connectivity index (χ0n) is 10.3. The van der Waals surface area contributed by atoms with Crippen LogP contribution in [0.3, 0.4) is 0 Å². The first-order valence-corrected chi connectivity index (χ1v) is 7.92. The van der Waals surface area contributed by atoms with Crippen LogP contribution in [-0.4, -0.2) is 8.42 Å². The van der Waals surface area contributed by atoms with E-state index in [-0.39, 0.29) is 22.2 Å². The Morgan fingerprint density at radius 1 is 1.05 bits per heavy atom. The summed E-state index contributed by atoms with van der Waals surface area (Å²) >= 11 is 11.7. The average molecular weight is 331 g/mol. The van der Waals surface area contributed by atoms with Gasteiger partial charge in [0.2, 0.25) is 10.0 Å². The van der Waals surface area contributed by atoms with Crippen molar-refractivity contribution in [2.45, 2.75) is 11.4 Å². The lowest BCUT2D eigenvalue weighted by Gasteiger charge is -2.10. The normalized spacial score (nSPS) is 11.5. The Bertz CT molecular complexity index is 695. The minimum atomic E-state index is -3.77. The predicted molar refractivity (Wildman–Crippen MR) is 81.3 cm³/mol. The highest BCUT2D eigenvalue weighted by atomic mass is 35.5. The molecule has 2 rings (SSSR count). The molecule has 0 bridgehead atoms. The molecule has 2 aromatic carbocycles. The van der Waals surface area contributed by atoms with E-state index in [0.29, 0.717) is 5.02 Å². The number of hydrogen-bond donors (Lipinski definition) is 2. The van der Waals surface area contributed by atoms with Gasteiger partial charge in [0.05, 0.1) is 10.7 Å². The third kappa shape index (κ3) is 3.43. The van der Waals surface area contributed by atoms with Gasteiger partial charge in [-0.25, -0.2) is 13.1 Å². The molecule has 7 heteroatoms. The molecule has 0 aliphatic rings. The lowest BCUT2D eigenvalue weighted by atomic mass is 10.2. The number of sulfonamides is 1. The summed E-state index contributed by atoms with van der Waals surface area (Å²) in [5.74, 6) is 0. The molecule has 0 saturated carbocycles. The fourth-order valence-electron chi connectivity index (χ4n) is 1.66. The van der Waals surface area contributed by atoms with E-state index < -0.39 is 10.0 Å². The van der Waals surface area contributed by atoms with E-state index in [4.69, 9.17) is 28.9 Å². The molecular weight excluding hydrogens is 319 g/mol. The van der Waals surface area contributed by atoms with Gasteiger partial charge < -0.3 is 5.73 Å². The molecule has 0 aliphatic heterocycles. The van der Waals surface area contributed by atoms with Gasteiger partial charge >= 0.3 is 0 Å². The number of halogens is 2. The molecule has 0 amide bonds. The number of anilines is 1. The van der Waals surface area contributed by atoms with Gasteiger partial charge in [0.1, 0.15) is 4.90 Å². The Hall–Kier alpha value is -1.27. The van der Waals surface area contributed by atoms with Crippen molar-refractivity contribution in [1.29, 1.82) is 0 Å². The molecular formula is C13H12Cl2N2O2S. The standard InChI is InChI=1S/C13H12Cl2N2O2S/c14-10-6-4-9(5-7-10)8-17-20(18,19)13-11(15)2-1-3-12(13)16/h1-7,17H,8,16H2. The van der Waals surface area contributed by atoms with E-state index in [9.17, 15) is 8.42 Å². The molecule has 0 heterocycles. The minimum absolute atomic E-state index is 0.0913. The zero-order chi connectivity index (χ0) is 14.8. The summed E-state index contributed by atoms with van der Waals surface area (Å²) in [4.78, 5) is -0.101. The summed E-state index contributed by atoms with van der Waals surface area (Å²) in [6.07, 6.45) is 0. The SMILES string of the molecule is Nc1cccc(Cl)c1S(=O)(=O)NCc1ccc(Cl)cc1. The second-order valence-corrected chi connectivity index (χ2v) is 6.66. The van der Waals surface area contributed by atoms with Crippen LogP contribution in [0.4, 0.5) is 5.69 Å². The minimum Gasteiger partial charge on any atom is -0.398 e. The van der Waals surface area contributed by atoms with Gasteiger partial charge in [-0.2, -0.15) is 0 Å². The van der Waals surface area contributed by atoms with Crippen molar-refractivity contribution in [3.05, 3.63) is 58.1 Å². The highest BCUT2D eigenvalue weighted by Gasteiger charge is 2.20. The van der Waals surface area contributed by atoms with Crippen molar-refractivity contribution in [3.8, 4) is 0 Å². The third-order valence-electron chi connectivity index (χ3n) is 2.65. The van der Waals surface area contributed by atoms with Gasteiger partial charge in [-0.15, -0.1) is 0 Å². The van der Waals surface area contributed by atoms with Gasteiger partial charge in [0, 0.05) is 11.6 Å². The molecule has 3 N–H and O–H groups in total. The van der Waals surface area contributed by atoms with Crippen LogP contribution in [0.1, 0.15) is 5.56 Å². The third-order valence-corrected chi connectivity index (χ3v) is 4.84. The van der Waals surface area contributed by atoms with Crippen molar-refractivity contribution in [1.82, 2.24) is 4.72 Å². The Balaban J connectivity index is 2.22. The number of nitrogens with one attached hydrogen (secondary N) is 1. The number of nitrogens with two attached hydrogens (primary N) is 1. The van der Waals surface area contributed by atoms with E-state index in [2.05, 4.69) is 4.72 Å². The van der Waals surface area contributed by atoms with Crippen LogP contribution >= 0.6 is 23.2 Å². The molecule has 2 aromatic rings. The van der Waals surface area contributed by atoms with Crippen LogP contribution < -0.4 is 10.5 Å². The van der Waals surface area contributed by atoms with Gasteiger partial charge in [-0.1, -0.05) is 41.4 Å². The molecule has 0 atom stereocenters. The first-order valence-electron chi connectivity index (χ1n) is 5.68. The van der Waals surface area contributed by atoms with Gasteiger partial charge in [0.25, 0.3) is 0 Å². The van der Waals surface area contributed by atoms with E-state index in [1.807, 2.05) is 0 Å². The predicted octanol–water partition coefficient (Wildman–Crippen LogP) is 3.05.